The molecule has 0 aromatic heterocycles. The quantitative estimate of drug-likeness (QED) is 0.541. The fraction of sp³-hybridized carbons (Fsp3) is 1.00. The zero-order valence-corrected chi connectivity index (χ0v) is 9.40. The summed E-state index contributed by atoms with van der Waals surface area (Å²) in [5.74, 6) is 2.06. The normalized spacial score (nSPS) is 27.0. The molecule has 1 aliphatic carbocycles. The van der Waals surface area contributed by atoms with Crippen LogP contribution in [0.4, 0.5) is 0 Å². The van der Waals surface area contributed by atoms with Crippen LogP contribution in [0.25, 0.3) is 0 Å². The Morgan fingerprint density at radius 3 is 1.25 bits per heavy atom. The largest absolute Gasteiger partial charge is 0.0654 e. The molecule has 0 amide bonds. The molecule has 0 radical (unpaired) electrons. The Morgan fingerprint density at radius 1 is 0.833 bits per heavy atom. The van der Waals surface area contributed by atoms with Crippen molar-refractivity contribution in [3.63, 3.8) is 0 Å². The van der Waals surface area contributed by atoms with Crippen molar-refractivity contribution < 1.29 is 0 Å². The van der Waals surface area contributed by atoms with E-state index in [4.69, 9.17) is 0 Å². The van der Waals surface area contributed by atoms with Crippen LogP contribution in [0.5, 0.6) is 0 Å². The zero-order valence-electron chi connectivity index (χ0n) is 9.40. The van der Waals surface area contributed by atoms with Gasteiger partial charge in [-0.05, 0) is 11.8 Å². The molecule has 0 N–H and O–H groups in total. The van der Waals surface area contributed by atoms with Gasteiger partial charge in [0.25, 0.3) is 0 Å². The Balaban J connectivity index is 0.000000202. The maximum atomic E-state index is 2.33. The van der Waals surface area contributed by atoms with Gasteiger partial charge in [0.05, 0.1) is 0 Å². The molecule has 2 unspecified atom stereocenters. The molecule has 0 aromatic rings. The second-order valence-corrected chi connectivity index (χ2v) is 4.24. The molecule has 0 aliphatic heterocycles. The van der Waals surface area contributed by atoms with Crippen molar-refractivity contribution in [2.45, 2.75) is 66.2 Å². The van der Waals surface area contributed by atoms with Gasteiger partial charge in [-0.15, -0.1) is 0 Å². The van der Waals surface area contributed by atoms with Crippen LogP contribution in [-0.2, 0) is 0 Å². The lowest BCUT2D eigenvalue weighted by Gasteiger charge is -2.29. The summed E-state index contributed by atoms with van der Waals surface area (Å²) >= 11 is 0. The molecule has 0 heterocycles. The third kappa shape index (κ3) is 5.62. The third-order valence-corrected chi connectivity index (χ3v) is 3.01. The van der Waals surface area contributed by atoms with Gasteiger partial charge in [0.2, 0.25) is 0 Å². The van der Waals surface area contributed by atoms with E-state index in [0.717, 1.165) is 11.8 Å². The van der Waals surface area contributed by atoms with E-state index in [1.165, 1.54) is 38.5 Å². The molecule has 0 aromatic carbocycles. The van der Waals surface area contributed by atoms with Gasteiger partial charge in [-0.1, -0.05) is 66.2 Å². The van der Waals surface area contributed by atoms with Crippen molar-refractivity contribution in [2.24, 2.45) is 11.8 Å². The molecule has 12 heavy (non-hydrogen) atoms. The lowest BCUT2D eigenvalue weighted by Crippen LogP contribution is -2.18. The number of unbranched alkanes of at least 4 members (excludes halogenated alkanes) is 3. The fourth-order valence-electron chi connectivity index (χ4n) is 1.33. The summed E-state index contributed by atoms with van der Waals surface area (Å²) in [7, 11) is 0. The van der Waals surface area contributed by atoms with E-state index < -0.39 is 0 Å². The van der Waals surface area contributed by atoms with Crippen LogP contribution in [0.2, 0.25) is 0 Å². The van der Waals surface area contributed by atoms with Crippen molar-refractivity contribution in [3.05, 3.63) is 0 Å². The molecule has 0 bridgehead atoms. The molecule has 0 nitrogen and oxygen atoms in total. The highest BCUT2D eigenvalue weighted by Crippen LogP contribution is 2.32. The van der Waals surface area contributed by atoms with Crippen molar-refractivity contribution >= 4 is 0 Å². The van der Waals surface area contributed by atoms with Crippen molar-refractivity contribution in [2.75, 3.05) is 0 Å². The first-order valence-corrected chi connectivity index (χ1v) is 5.72. The van der Waals surface area contributed by atoms with E-state index in [9.17, 15) is 0 Å². The predicted molar refractivity (Wildman–Crippen MR) is 57.4 cm³/mol. The molecule has 2 atom stereocenters. The Kier molecular flexibility index (Phi) is 7.64. The topological polar surface area (TPSA) is 0 Å². The van der Waals surface area contributed by atoms with Gasteiger partial charge >= 0.3 is 0 Å². The molecule has 0 saturated heterocycles. The van der Waals surface area contributed by atoms with Gasteiger partial charge in [0, 0.05) is 0 Å². The van der Waals surface area contributed by atoms with Crippen LogP contribution < -0.4 is 0 Å². The molecule has 1 saturated carbocycles. The molecule has 1 aliphatic rings. The molecule has 0 spiro atoms. The molecule has 74 valence electrons. The number of rotatable bonds is 3. The van der Waals surface area contributed by atoms with E-state index in [1.807, 2.05) is 0 Å². The number of hydrogen-bond acceptors (Lipinski definition) is 0. The molecule has 0 heteroatoms. The third-order valence-electron chi connectivity index (χ3n) is 3.01. The van der Waals surface area contributed by atoms with Crippen molar-refractivity contribution in [1.29, 1.82) is 0 Å². The van der Waals surface area contributed by atoms with Gasteiger partial charge in [-0.2, -0.15) is 0 Å². The number of hydrogen-bond donors (Lipinski definition) is 0. The van der Waals surface area contributed by atoms with E-state index in [1.54, 1.807) is 0 Å². The smallest absolute Gasteiger partial charge is 0.0417 e. The van der Waals surface area contributed by atoms with Crippen LogP contribution in [-0.4, -0.2) is 0 Å². The summed E-state index contributed by atoms with van der Waals surface area (Å²) in [6.45, 7) is 9.12. The van der Waals surface area contributed by atoms with Crippen LogP contribution in [0.15, 0.2) is 0 Å². The van der Waals surface area contributed by atoms with Crippen LogP contribution in [0.3, 0.4) is 0 Å². The highest BCUT2D eigenvalue weighted by Gasteiger charge is 2.20. The first-order valence-electron chi connectivity index (χ1n) is 5.72. The van der Waals surface area contributed by atoms with Crippen LogP contribution in [0, 0.1) is 11.8 Å². The van der Waals surface area contributed by atoms with E-state index in [-0.39, 0.29) is 0 Å². The highest BCUT2D eigenvalue weighted by atomic mass is 14.3. The summed E-state index contributed by atoms with van der Waals surface area (Å²) in [6.07, 6.45) is 8.48. The predicted octanol–water partition coefficient (Wildman–Crippen LogP) is 4.64. The second-order valence-electron chi connectivity index (χ2n) is 4.24. The Morgan fingerprint density at radius 2 is 1.17 bits per heavy atom. The first kappa shape index (κ1) is 12.0. The fourth-order valence-corrected chi connectivity index (χ4v) is 1.33. The Labute approximate surface area is 78.8 Å². The minimum absolute atomic E-state index is 1.03. The summed E-state index contributed by atoms with van der Waals surface area (Å²) in [5, 5.41) is 0. The van der Waals surface area contributed by atoms with Crippen LogP contribution in [0.1, 0.15) is 66.2 Å². The van der Waals surface area contributed by atoms with Gasteiger partial charge in [0.1, 0.15) is 0 Å². The first-order chi connectivity index (χ1) is 5.72. The lowest BCUT2D eigenvalue weighted by molar-refractivity contribution is 0.219. The highest BCUT2D eigenvalue weighted by molar-refractivity contribution is 4.71. The van der Waals surface area contributed by atoms with Crippen LogP contribution >= 0.6 is 0 Å². The zero-order chi connectivity index (χ0) is 9.40. The summed E-state index contributed by atoms with van der Waals surface area (Å²) < 4.78 is 0. The maximum Gasteiger partial charge on any atom is -0.0417 e. The maximum absolute atomic E-state index is 2.33. The minimum atomic E-state index is 1.03. The monoisotopic (exact) mass is 170 g/mol. The standard InChI is InChI=1S/C6H12.C6H14/c1-5-3-4-6(5)2;1-3-5-6-4-2/h5-6H,3-4H2,1-2H3;3-6H2,1-2H3. The average molecular weight is 170 g/mol. The molecular weight excluding hydrogens is 144 g/mol. The van der Waals surface area contributed by atoms with E-state index in [0.29, 0.717) is 0 Å². The lowest BCUT2D eigenvalue weighted by atomic mass is 9.77. The molecule has 1 fully saturated rings. The molecule has 1 rings (SSSR count). The van der Waals surface area contributed by atoms with Gasteiger partial charge in [-0.25, -0.2) is 0 Å². The SMILES string of the molecule is CC1CCC1C.CCCCCC. The average Bonchev–Trinajstić information content (AvgIpc) is 2.12. The van der Waals surface area contributed by atoms with Gasteiger partial charge in [0.15, 0.2) is 0 Å². The molecular formula is C12H26. The van der Waals surface area contributed by atoms with Crippen molar-refractivity contribution in [3.8, 4) is 0 Å². The van der Waals surface area contributed by atoms with Gasteiger partial charge in [-0.3, -0.25) is 0 Å². The summed E-state index contributed by atoms with van der Waals surface area (Å²) in [6, 6.07) is 0. The van der Waals surface area contributed by atoms with E-state index >= 15 is 0 Å². The van der Waals surface area contributed by atoms with Gasteiger partial charge < -0.3 is 0 Å². The Hall–Kier alpha value is 0. The summed E-state index contributed by atoms with van der Waals surface area (Å²) in [4.78, 5) is 0. The minimum Gasteiger partial charge on any atom is -0.0654 e. The van der Waals surface area contributed by atoms with E-state index in [2.05, 4.69) is 27.7 Å². The van der Waals surface area contributed by atoms with Crippen molar-refractivity contribution in [1.82, 2.24) is 0 Å². The second kappa shape index (κ2) is 7.64. The summed E-state index contributed by atoms with van der Waals surface area (Å²) in [5.41, 5.74) is 0. The Bertz CT molecular complexity index is 74.0.